The number of nitrogens with one attached hydrogen (secondary N) is 1. The quantitative estimate of drug-likeness (QED) is 0.228. The first kappa shape index (κ1) is 35.6. The molecule has 0 spiro atoms. The minimum absolute atomic E-state index is 0.0257. The predicted molar refractivity (Wildman–Crippen MR) is 183 cm³/mol. The number of urea groups is 1. The van der Waals surface area contributed by atoms with Crippen LogP contribution in [-0.2, 0) is 27.8 Å². The molecular weight excluding hydrogens is 633 g/mol. The third-order valence-corrected chi connectivity index (χ3v) is 10.00. The summed E-state index contributed by atoms with van der Waals surface area (Å²) in [5, 5.41) is 3.21. The van der Waals surface area contributed by atoms with Gasteiger partial charge in [-0.15, -0.1) is 0 Å². The number of hydrogen-bond donors (Lipinski definition) is 3. The number of carbonyl (C=O) groups excluding carboxylic acids is 2. The summed E-state index contributed by atoms with van der Waals surface area (Å²) in [6.45, 7) is 13.8. The number of amides is 3. The van der Waals surface area contributed by atoms with Crippen LogP contribution in [0.15, 0.2) is 48.5 Å². The fourth-order valence-electron chi connectivity index (χ4n) is 6.86. The molecule has 3 aromatic rings. The Morgan fingerprint density at radius 1 is 1.00 bits per heavy atom. The average Bonchev–Trinajstić information content (AvgIpc) is 3.13. The molecule has 1 fully saturated rings. The number of phosphoric acid groups is 1. The Balaban J connectivity index is 1.44. The molecule has 0 radical (unpaired) electrons. The highest BCUT2D eigenvalue weighted by Crippen LogP contribution is 2.45. The Bertz CT molecular complexity index is 1720. The first-order valence-electron chi connectivity index (χ1n) is 16.6. The summed E-state index contributed by atoms with van der Waals surface area (Å²) in [5.41, 5.74) is 1.29. The number of aromatic nitrogens is 1. The van der Waals surface area contributed by atoms with Crippen LogP contribution in [0.3, 0.4) is 0 Å². The lowest BCUT2D eigenvalue weighted by Gasteiger charge is -2.40. The molecule has 2 aromatic carbocycles. The maximum absolute atomic E-state index is 13.9. The number of alkyl carbamates (subject to hydrolysis) is 1. The monoisotopic (exact) mass is 681 g/mol. The molecule has 1 aromatic heterocycles. The summed E-state index contributed by atoms with van der Waals surface area (Å²) in [4.78, 5) is 52.1. The highest BCUT2D eigenvalue weighted by molar-refractivity contribution is 7.46. The van der Waals surface area contributed by atoms with Gasteiger partial charge in [0.15, 0.2) is 0 Å². The van der Waals surface area contributed by atoms with Crippen molar-refractivity contribution in [3.8, 4) is 11.6 Å². The number of benzene rings is 2. The van der Waals surface area contributed by atoms with Gasteiger partial charge in [-0.2, -0.15) is 0 Å². The zero-order chi connectivity index (χ0) is 35.1. The van der Waals surface area contributed by atoms with Crippen LogP contribution in [0.4, 0.5) is 9.59 Å². The normalized spacial score (nSPS) is 22.0. The van der Waals surface area contributed by atoms with Crippen molar-refractivity contribution in [2.24, 2.45) is 11.3 Å². The second-order valence-electron chi connectivity index (χ2n) is 15.3. The molecule has 3 amide bonds. The third kappa shape index (κ3) is 8.49. The zero-order valence-electron chi connectivity index (χ0n) is 28.9. The molecule has 3 N–H and O–H groups in total. The van der Waals surface area contributed by atoms with E-state index in [4.69, 9.17) is 19.0 Å². The summed E-state index contributed by atoms with van der Waals surface area (Å²) in [6, 6.07) is 13.9. The average molecular weight is 682 g/mol. The van der Waals surface area contributed by atoms with E-state index in [1.165, 1.54) is 11.0 Å². The van der Waals surface area contributed by atoms with Gasteiger partial charge >= 0.3 is 19.9 Å². The third-order valence-electron chi connectivity index (χ3n) is 9.57. The number of rotatable bonds is 5. The molecule has 2 heterocycles. The van der Waals surface area contributed by atoms with Gasteiger partial charge in [-0.1, -0.05) is 39.0 Å². The second-order valence-corrected chi connectivity index (χ2v) is 16.4. The van der Waals surface area contributed by atoms with Crippen molar-refractivity contribution in [2.45, 2.75) is 111 Å². The van der Waals surface area contributed by atoms with Crippen LogP contribution in [-0.4, -0.2) is 43.5 Å². The summed E-state index contributed by atoms with van der Waals surface area (Å²) in [6.07, 6.45) is 4.43. The van der Waals surface area contributed by atoms with Crippen molar-refractivity contribution in [3.63, 3.8) is 0 Å². The summed E-state index contributed by atoms with van der Waals surface area (Å²) < 4.78 is 28.6. The van der Waals surface area contributed by atoms with E-state index < -0.39 is 31.1 Å². The Morgan fingerprint density at radius 2 is 1.71 bits per heavy atom. The van der Waals surface area contributed by atoms with Crippen LogP contribution < -0.4 is 14.6 Å². The molecule has 1 saturated carbocycles. The maximum atomic E-state index is 13.9. The molecule has 0 saturated heterocycles. The molecule has 0 bridgehead atoms. The van der Waals surface area contributed by atoms with E-state index in [1.54, 1.807) is 26.8 Å². The van der Waals surface area contributed by atoms with Gasteiger partial charge in [0.25, 0.3) is 0 Å². The van der Waals surface area contributed by atoms with Crippen LogP contribution in [0.25, 0.3) is 10.9 Å². The molecular formula is C36H48N3O8P. The van der Waals surface area contributed by atoms with Crippen molar-refractivity contribution >= 4 is 30.8 Å². The van der Waals surface area contributed by atoms with Gasteiger partial charge in [0, 0.05) is 17.0 Å². The van der Waals surface area contributed by atoms with Gasteiger partial charge in [0.05, 0.1) is 17.6 Å². The minimum Gasteiger partial charge on any atom is -0.474 e. The molecule has 1 aliphatic carbocycles. The summed E-state index contributed by atoms with van der Waals surface area (Å²) in [7, 11) is -4.89. The van der Waals surface area contributed by atoms with Crippen molar-refractivity contribution < 1.29 is 37.9 Å². The maximum Gasteiger partial charge on any atom is 0.524 e. The molecule has 12 heteroatoms. The number of pyridine rings is 1. The number of aryl methyl sites for hydroxylation is 1. The second kappa shape index (κ2) is 13.3. The standard InChI is InChI=1S/C36H48N3O8P/c1-34(2,3)25-12-15-27(16-13-25)45-31-18-11-24-21-26(14-17-29(24)37-31)36(7)20-19-23-9-8-10-30(47-48(42,43)44)28(23)22-39(36)32(40)38-33(41)46-35(4,5)6/h8-11,14,17-18,21,25,27H,12-13,15-16,19-20,22H2,1-7H3,(H,38,40,41)(H2,42,43,44)/t25?,27?,36-/m1/s1. The highest BCUT2D eigenvalue weighted by Gasteiger charge is 2.41. The van der Waals surface area contributed by atoms with E-state index in [2.05, 4.69) is 26.1 Å². The van der Waals surface area contributed by atoms with Gasteiger partial charge in [-0.3, -0.25) is 9.79 Å². The zero-order valence-corrected chi connectivity index (χ0v) is 29.8. The molecule has 5 rings (SSSR count). The number of imide groups is 1. The van der Waals surface area contributed by atoms with Gasteiger partial charge in [0.1, 0.15) is 17.5 Å². The molecule has 2 aliphatic rings. The lowest BCUT2D eigenvalue weighted by molar-refractivity contribution is 0.0504. The van der Waals surface area contributed by atoms with Gasteiger partial charge in [0.2, 0.25) is 5.88 Å². The molecule has 11 nitrogen and oxygen atoms in total. The van der Waals surface area contributed by atoms with Crippen molar-refractivity contribution in [3.05, 3.63) is 65.2 Å². The van der Waals surface area contributed by atoms with Crippen LogP contribution in [0.2, 0.25) is 0 Å². The van der Waals surface area contributed by atoms with Crippen LogP contribution >= 0.6 is 7.82 Å². The van der Waals surface area contributed by atoms with Crippen LogP contribution in [0, 0.1) is 11.3 Å². The summed E-state index contributed by atoms with van der Waals surface area (Å²) >= 11 is 0. The number of phosphoric ester groups is 1. The van der Waals surface area contributed by atoms with Crippen molar-refractivity contribution in [1.82, 2.24) is 15.2 Å². The molecule has 1 aliphatic heterocycles. The predicted octanol–water partition coefficient (Wildman–Crippen LogP) is 8.00. The Morgan fingerprint density at radius 3 is 2.35 bits per heavy atom. The SMILES string of the molecule is CC(C)(C)OC(=O)NC(=O)N1Cc2c(cccc2OP(=O)(O)O)CC[C@]1(C)c1ccc2nc(OC3CCC(C(C)(C)C)CC3)ccc2c1. The van der Waals surface area contributed by atoms with E-state index in [1.807, 2.05) is 43.3 Å². The lowest BCUT2D eigenvalue weighted by Crippen LogP contribution is -2.52. The first-order chi connectivity index (χ1) is 22.3. The van der Waals surface area contributed by atoms with Crippen LogP contribution in [0.1, 0.15) is 97.3 Å². The number of hydrogen-bond acceptors (Lipinski definition) is 7. The number of fused-ring (bicyclic) bond motifs is 2. The first-order valence-corrected chi connectivity index (χ1v) is 18.1. The van der Waals surface area contributed by atoms with E-state index in [0.717, 1.165) is 47.7 Å². The topological polar surface area (TPSA) is 148 Å². The Kier molecular flexibility index (Phi) is 9.90. The van der Waals surface area contributed by atoms with Gasteiger partial charge in [-0.25, -0.2) is 24.5 Å². The minimum atomic E-state index is -4.89. The lowest BCUT2D eigenvalue weighted by atomic mass is 9.72. The largest absolute Gasteiger partial charge is 0.524 e. The molecule has 1 atom stereocenters. The number of ether oxygens (including phenoxy) is 2. The Labute approximate surface area is 282 Å². The fourth-order valence-corrected chi connectivity index (χ4v) is 7.29. The molecule has 48 heavy (non-hydrogen) atoms. The van der Waals surface area contributed by atoms with Gasteiger partial charge < -0.3 is 18.9 Å². The molecule has 0 unspecified atom stereocenters. The Hall–Kier alpha value is -3.66. The van der Waals surface area contributed by atoms with Crippen molar-refractivity contribution in [1.29, 1.82) is 0 Å². The summed E-state index contributed by atoms with van der Waals surface area (Å²) in [5.74, 6) is 1.25. The van der Waals surface area contributed by atoms with E-state index in [0.29, 0.717) is 35.6 Å². The smallest absolute Gasteiger partial charge is 0.474 e. The van der Waals surface area contributed by atoms with Gasteiger partial charge in [-0.05, 0) is 113 Å². The van der Waals surface area contributed by atoms with E-state index >= 15 is 0 Å². The number of carbonyl (C=O) groups is 2. The highest BCUT2D eigenvalue weighted by atomic mass is 31.2. The van der Waals surface area contributed by atoms with Crippen molar-refractivity contribution in [2.75, 3.05) is 0 Å². The molecule has 260 valence electrons. The number of nitrogens with zero attached hydrogens (tertiary/aromatic N) is 2. The fraction of sp³-hybridized carbons (Fsp3) is 0.528. The van der Waals surface area contributed by atoms with E-state index in [-0.39, 0.29) is 18.4 Å². The van der Waals surface area contributed by atoms with E-state index in [9.17, 15) is 23.9 Å². The van der Waals surface area contributed by atoms with Crippen LogP contribution in [0.5, 0.6) is 11.6 Å².